The topological polar surface area (TPSA) is 45.1 Å². The maximum atomic E-state index is 11.8. The second-order valence-electron chi connectivity index (χ2n) is 29.9. The highest BCUT2D eigenvalue weighted by atomic mass is 15.2. The lowest BCUT2D eigenvalue weighted by Gasteiger charge is -2.45. The zero-order valence-electron chi connectivity index (χ0n) is 72.0. The second kappa shape index (κ2) is 24.0. The molecule has 0 spiro atoms. The summed E-state index contributed by atoms with van der Waals surface area (Å²) in [4.78, 5) is 4.32. The van der Waals surface area contributed by atoms with Crippen LogP contribution in [0.1, 0.15) is 76.1 Å². The predicted molar refractivity (Wildman–Crippen MR) is 447 cm³/mol. The van der Waals surface area contributed by atoms with Crippen LogP contribution in [-0.4, -0.2) is 20.4 Å². The van der Waals surface area contributed by atoms with Crippen molar-refractivity contribution < 1.29 is 17.8 Å². The Morgan fingerprint density at radius 3 is 1.37 bits per heavy atom. The number of rotatable bonds is 9. The SMILES string of the molecule is [2H]c1c([2H])c([2H])c(-c2ccc3c(c2)N(c2cc(-c4ccccc4)cc(-c4ccccc4)c2)c2cc(-n4c5c([2H])c([2H])c([2H])c([2H])c5c5c([2H])c([2H])c([2H])c([2H])c54)cc4c2B3c2ccc(-n3c5ccc(C(C)(C)C)cc5c5cc(C(C)(C)C)ccc53)cc2N4c2ccc(C#N)c(-n3c4ccccc4c4ccc(-c5ccccc5)cc43)c2)c([2H])c1[2H]. The van der Waals surface area contributed by atoms with Crippen molar-refractivity contribution in [2.45, 2.75) is 52.4 Å². The molecule has 106 heavy (non-hydrogen) atoms. The van der Waals surface area contributed by atoms with Crippen LogP contribution in [-0.2, 0) is 10.8 Å². The molecule has 2 aliphatic rings. The van der Waals surface area contributed by atoms with Crippen LogP contribution in [0.4, 0.5) is 34.1 Å². The number of aromatic nitrogens is 3. The molecule has 0 radical (unpaired) electrons. The average Bonchev–Trinajstić information content (AvgIpc) is 1.68. The number of hydrogen-bond donors (Lipinski definition) is 0. The quantitative estimate of drug-likeness (QED) is 0.135. The third-order valence-electron chi connectivity index (χ3n) is 21.6. The van der Waals surface area contributed by atoms with E-state index in [0.29, 0.717) is 50.9 Å². The van der Waals surface area contributed by atoms with Gasteiger partial charge in [0.2, 0.25) is 0 Å². The minimum atomic E-state index is -0.748. The van der Waals surface area contributed by atoms with Gasteiger partial charge in [-0.2, -0.15) is 5.26 Å². The molecule has 15 aromatic carbocycles. The highest BCUT2D eigenvalue weighted by Crippen LogP contribution is 2.51. The van der Waals surface area contributed by atoms with Crippen LogP contribution < -0.4 is 26.2 Å². The van der Waals surface area contributed by atoms with Gasteiger partial charge >= 0.3 is 0 Å². The molecule has 0 saturated heterocycles. The van der Waals surface area contributed by atoms with Crippen molar-refractivity contribution in [3.63, 3.8) is 0 Å². The van der Waals surface area contributed by atoms with Crippen LogP contribution in [0, 0.1) is 11.3 Å². The highest BCUT2D eigenvalue weighted by molar-refractivity contribution is 7.00. The first-order chi connectivity index (χ1) is 57.2. The molecule has 0 aliphatic carbocycles. The molecule has 5 heterocycles. The summed E-state index contributed by atoms with van der Waals surface area (Å²) in [6, 6.07) is 82.5. The molecule has 3 aromatic heterocycles. The Bertz CT molecular complexity index is 7290. The summed E-state index contributed by atoms with van der Waals surface area (Å²) in [7, 11) is 0. The average molecular weight is 1370 g/mol. The van der Waals surface area contributed by atoms with Crippen molar-refractivity contribution in [1.82, 2.24) is 13.7 Å². The van der Waals surface area contributed by atoms with E-state index in [2.05, 4.69) is 188 Å². The van der Waals surface area contributed by atoms with Gasteiger partial charge in [0.05, 0.1) is 67.9 Å². The van der Waals surface area contributed by atoms with E-state index in [0.717, 1.165) is 99.1 Å². The molecule has 0 N–H and O–H groups in total. The lowest BCUT2D eigenvalue weighted by atomic mass is 9.33. The Hall–Kier alpha value is -13.1. The Balaban J connectivity index is 0.979. The van der Waals surface area contributed by atoms with Crippen LogP contribution in [0.3, 0.4) is 0 Å². The standard InChI is InChI=1S/C99H73BN6/c1-98(2,3)72-42-49-89-82(56-72)83-57-73(99(4,5)6)43-50-90(83)102(89)75-45-48-85-94(59-75)103(74-44-39-69(62-101)91(58-74)106-88-38-24-21-35-80(88)81-46-40-67(54-92(81)106)63-25-11-7-12-26-63)95-60-77(104-86-36-22-19-33-78(86)79-34-20-23-37-87(79)104)61-96-97(95)100(85)84-47-41-68(64-27-13-8-14-28-64)55-93(84)105(96)76-52-70(65-29-15-9-16-30-65)51-71(53-76)66-31-17-10-18-32-66/h7-61H,1-6H3/i8D,13D,14D,19D,20D,22D,23D,27D,28D,33D,34D,36D,37D. The monoisotopic (exact) mass is 1370 g/mol. The lowest BCUT2D eigenvalue weighted by molar-refractivity contribution is 0.590. The molecule has 6 nitrogen and oxygen atoms in total. The minimum Gasteiger partial charge on any atom is -0.311 e. The van der Waals surface area contributed by atoms with Gasteiger partial charge in [-0.15, -0.1) is 0 Å². The van der Waals surface area contributed by atoms with Crippen LogP contribution in [0.5, 0.6) is 0 Å². The molecular formula is C99H73BN6. The van der Waals surface area contributed by atoms with Gasteiger partial charge in [0.15, 0.2) is 0 Å². The van der Waals surface area contributed by atoms with Crippen molar-refractivity contribution >= 4 is 123 Å². The minimum absolute atomic E-state index is 0.0259. The van der Waals surface area contributed by atoms with Gasteiger partial charge in [0, 0.05) is 72.1 Å². The smallest absolute Gasteiger partial charge is 0.252 e. The molecule has 0 bridgehead atoms. The van der Waals surface area contributed by atoms with Crippen molar-refractivity contribution in [1.29, 1.82) is 5.26 Å². The first-order valence-electron chi connectivity index (χ1n) is 42.3. The molecule has 0 saturated carbocycles. The van der Waals surface area contributed by atoms with Gasteiger partial charge in [-0.3, -0.25) is 0 Å². The Morgan fingerprint density at radius 1 is 0.292 bits per heavy atom. The zero-order valence-corrected chi connectivity index (χ0v) is 59.0. The number of fused-ring (bicyclic) bond motifs is 13. The number of nitrogens with zero attached hydrogens (tertiary/aromatic N) is 6. The molecule has 18 aromatic rings. The van der Waals surface area contributed by atoms with Gasteiger partial charge in [-0.05, 0) is 198 Å². The van der Waals surface area contributed by atoms with Gasteiger partial charge in [0.25, 0.3) is 6.71 Å². The first-order valence-corrected chi connectivity index (χ1v) is 35.8. The predicted octanol–water partition coefficient (Wildman–Crippen LogP) is 24.2. The van der Waals surface area contributed by atoms with Crippen molar-refractivity contribution in [2.75, 3.05) is 9.80 Å². The summed E-state index contributed by atoms with van der Waals surface area (Å²) in [6.45, 7) is 12.6. The van der Waals surface area contributed by atoms with Crippen molar-refractivity contribution in [3.8, 4) is 67.6 Å². The zero-order chi connectivity index (χ0) is 82.6. The molecule has 7 heteroatoms. The maximum absolute atomic E-state index is 11.8. The van der Waals surface area contributed by atoms with E-state index in [1.165, 1.54) is 11.1 Å². The summed E-state index contributed by atoms with van der Waals surface area (Å²) in [6.07, 6.45) is 0. The Kier molecular flexibility index (Phi) is 11.4. The van der Waals surface area contributed by atoms with Gasteiger partial charge in [-0.25, -0.2) is 0 Å². The van der Waals surface area contributed by atoms with Crippen molar-refractivity contribution in [3.05, 3.63) is 350 Å². The Labute approximate surface area is 636 Å². The molecule has 502 valence electrons. The number of para-hydroxylation sites is 3. The van der Waals surface area contributed by atoms with Crippen LogP contribution >= 0.6 is 0 Å². The highest BCUT2D eigenvalue weighted by Gasteiger charge is 2.45. The molecule has 20 rings (SSSR count). The van der Waals surface area contributed by atoms with E-state index in [9.17, 15) is 19.0 Å². The third-order valence-corrected chi connectivity index (χ3v) is 21.6. The van der Waals surface area contributed by atoms with Crippen LogP contribution in [0.2, 0.25) is 0 Å². The summed E-state index contributed by atoms with van der Waals surface area (Å²) >= 11 is 0. The summed E-state index contributed by atoms with van der Waals surface area (Å²) < 4.78 is 130. The molecule has 0 unspecified atom stereocenters. The number of benzene rings is 15. The number of nitriles is 1. The fourth-order valence-corrected chi connectivity index (χ4v) is 16.6. The van der Waals surface area contributed by atoms with Crippen LogP contribution in [0.25, 0.3) is 127 Å². The van der Waals surface area contributed by atoms with Crippen LogP contribution in [0.15, 0.2) is 333 Å². The molecule has 0 atom stereocenters. The van der Waals surface area contributed by atoms with E-state index < -0.39 is 85.3 Å². The van der Waals surface area contributed by atoms with Gasteiger partial charge in [0.1, 0.15) is 6.07 Å². The summed E-state index contributed by atoms with van der Waals surface area (Å²) in [5, 5.41) is 15.6. The van der Waals surface area contributed by atoms with E-state index in [-0.39, 0.29) is 43.9 Å². The molecule has 0 amide bonds. The number of hydrogen-bond acceptors (Lipinski definition) is 3. The van der Waals surface area contributed by atoms with Crippen molar-refractivity contribution in [2.24, 2.45) is 0 Å². The molecular weight excluding hydrogens is 1280 g/mol. The summed E-state index contributed by atoms with van der Waals surface area (Å²) in [5.41, 5.74) is 18.7. The molecule has 0 fully saturated rings. The largest absolute Gasteiger partial charge is 0.311 e. The third kappa shape index (κ3) is 9.93. The normalized spacial score (nSPS) is 14.5. The summed E-state index contributed by atoms with van der Waals surface area (Å²) in [5.74, 6) is 0. The van der Waals surface area contributed by atoms with E-state index in [1.807, 2.05) is 133 Å². The molecule has 2 aliphatic heterocycles. The lowest BCUT2D eigenvalue weighted by Crippen LogP contribution is -2.61. The van der Waals surface area contributed by atoms with Gasteiger partial charge in [-0.1, -0.05) is 260 Å². The fraction of sp³-hybridized carbons (Fsp3) is 0.0808. The maximum Gasteiger partial charge on any atom is 0.252 e. The first kappa shape index (κ1) is 50.3. The van der Waals surface area contributed by atoms with E-state index in [1.54, 1.807) is 4.57 Å². The van der Waals surface area contributed by atoms with Gasteiger partial charge < -0.3 is 23.5 Å². The Morgan fingerprint density at radius 2 is 0.764 bits per heavy atom. The van der Waals surface area contributed by atoms with E-state index in [4.69, 9.17) is 4.11 Å². The second-order valence-corrected chi connectivity index (χ2v) is 29.9. The fourth-order valence-electron chi connectivity index (χ4n) is 16.6. The number of anilines is 6. The van der Waals surface area contributed by atoms with E-state index >= 15 is 0 Å².